The van der Waals surface area contributed by atoms with Crippen molar-refractivity contribution in [1.82, 2.24) is 0 Å². The molecule has 2 rings (SSSR count). The molecule has 74 valence electrons. The summed E-state index contributed by atoms with van der Waals surface area (Å²) in [5.41, 5.74) is 0. The molecule has 1 aromatic rings. The van der Waals surface area contributed by atoms with Crippen LogP contribution in [-0.4, -0.2) is 11.5 Å². The van der Waals surface area contributed by atoms with Gasteiger partial charge in [-0.2, -0.15) is 0 Å². The largest absolute Gasteiger partial charge is 0.303 e. The lowest BCUT2D eigenvalue weighted by molar-refractivity contribution is -0.110. The number of aldehydes is 1. The molecule has 1 fully saturated rings. The molecule has 0 N–H and O–H groups in total. The molecule has 2 heteroatoms. The Balaban J connectivity index is 1.90. The summed E-state index contributed by atoms with van der Waals surface area (Å²) in [5, 5.41) is 0.646. The Morgan fingerprint density at radius 3 is 2.64 bits per heavy atom. The Kier molecular flexibility index (Phi) is 3.25. The van der Waals surface area contributed by atoms with Crippen LogP contribution in [0.25, 0.3) is 0 Å². The number of rotatable bonds is 3. The van der Waals surface area contributed by atoms with Crippen LogP contribution in [0.5, 0.6) is 0 Å². The molecule has 0 heterocycles. The highest BCUT2D eigenvalue weighted by Crippen LogP contribution is 2.36. The van der Waals surface area contributed by atoms with Crippen LogP contribution in [0.2, 0.25) is 0 Å². The molecule has 14 heavy (non-hydrogen) atoms. The summed E-state index contributed by atoms with van der Waals surface area (Å²) in [6, 6.07) is 10.4. The standard InChI is InChI=1S/C12H14OS/c13-9-10-6-7-12(8-10)14-11-4-2-1-3-5-11/h1-5,9-10,12H,6-8H2/t10-,12-/m1/s1. The van der Waals surface area contributed by atoms with Gasteiger partial charge in [-0.05, 0) is 31.4 Å². The molecule has 0 spiro atoms. The first kappa shape index (κ1) is 9.78. The smallest absolute Gasteiger partial charge is 0.123 e. The van der Waals surface area contributed by atoms with Crippen molar-refractivity contribution in [1.29, 1.82) is 0 Å². The van der Waals surface area contributed by atoms with Crippen LogP contribution in [0.4, 0.5) is 0 Å². The third-order valence-electron chi connectivity index (χ3n) is 2.66. The first-order chi connectivity index (χ1) is 6.88. The highest BCUT2D eigenvalue weighted by molar-refractivity contribution is 8.00. The SMILES string of the molecule is O=C[C@@H]1CC[C@@H](Sc2ccccc2)C1. The van der Waals surface area contributed by atoms with E-state index in [1.54, 1.807) is 0 Å². The van der Waals surface area contributed by atoms with Crippen molar-refractivity contribution in [3.63, 3.8) is 0 Å². The zero-order chi connectivity index (χ0) is 9.80. The van der Waals surface area contributed by atoms with E-state index in [1.807, 2.05) is 17.8 Å². The summed E-state index contributed by atoms with van der Waals surface area (Å²) < 4.78 is 0. The Morgan fingerprint density at radius 2 is 2.00 bits per heavy atom. The van der Waals surface area contributed by atoms with Gasteiger partial charge in [0.2, 0.25) is 0 Å². The van der Waals surface area contributed by atoms with E-state index in [9.17, 15) is 4.79 Å². The lowest BCUT2D eigenvalue weighted by atomic mass is 10.1. The minimum absolute atomic E-state index is 0.316. The summed E-state index contributed by atoms with van der Waals surface area (Å²) in [7, 11) is 0. The minimum Gasteiger partial charge on any atom is -0.303 e. The Morgan fingerprint density at radius 1 is 1.21 bits per heavy atom. The van der Waals surface area contributed by atoms with Gasteiger partial charge in [0.1, 0.15) is 6.29 Å². The highest BCUT2D eigenvalue weighted by Gasteiger charge is 2.24. The molecule has 1 aliphatic rings. The Labute approximate surface area is 88.9 Å². The molecule has 0 radical (unpaired) electrons. The second kappa shape index (κ2) is 4.65. The van der Waals surface area contributed by atoms with Gasteiger partial charge in [-0.3, -0.25) is 0 Å². The van der Waals surface area contributed by atoms with E-state index in [-0.39, 0.29) is 0 Å². The quantitative estimate of drug-likeness (QED) is 0.707. The fourth-order valence-corrected chi connectivity index (χ4v) is 3.19. The zero-order valence-corrected chi connectivity index (χ0v) is 8.87. The number of hydrogen-bond donors (Lipinski definition) is 0. The topological polar surface area (TPSA) is 17.1 Å². The second-order valence-corrected chi connectivity index (χ2v) is 5.14. The third-order valence-corrected chi connectivity index (χ3v) is 3.97. The van der Waals surface area contributed by atoms with E-state index in [0.29, 0.717) is 11.2 Å². The molecule has 0 bridgehead atoms. The lowest BCUT2D eigenvalue weighted by Gasteiger charge is -2.08. The zero-order valence-electron chi connectivity index (χ0n) is 8.06. The number of hydrogen-bond acceptors (Lipinski definition) is 2. The van der Waals surface area contributed by atoms with E-state index in [4.69, 9.17) is 0 Å². The van der Waals surface area contributed by atoms with Crippen LogP contribution in [0.3, 0.4) is 0 Å². The summed E-state index contributed by atoms with van der Waals surface area (Å²) in [6.45, 7) is 0. The van der Waals surface area contributed by atoms with Crippen molar-refractivity contribution in [2.75, 3.05) is 0 Å². The number of carbonyl (C=O) groups excluding carboxylic acids is 1. The monoisotopic (exact) mass is 206 g/mol. The van der Waals surface area contributed by atoms with Crippen molar-refractivity contribution < 1.29 is 4.79 Å². The number of benzene rings is 1. The summed E-state index contributed by atoms with van der Waals surface area (Å²) in [4.78, 5) is 11.9. The van der Waals surface area contributed by atoms with Gasteiger partial charge in [-0.25, -0.2) is 0 Å². The van der Waals surface area contributed by atoms with Gasteiger partial charge >= 0.3 is 0 Å². The van der Waals surface area contributed by atoms with E-state index in [1.165, 1.54) is 11.3 Å². The maximum atomic E-state index is 10.6. The first-order valence-electron chi connectivity index (χ1n) is 5.05. The van der Waals surface area contributed by atoms with Crippen LogP contribution in [-0.2, 0) is 4.79 Å². The van der Waals surface area contributed by atoms with Crippen LogP contribution in [0, 0.1) is 5.92 Å². The third kappa shape index (κ3) is 2.38. The van der Waals surface area contributed by atoms with Crippen LogP contribution < -0.4 is 0 Å². The van der Waals surface area contributed by atoms with Gasteiger partial charge in [0, 0.05) is 16.1 Å². The molecule has 1 saturated carbocycles. The van der Waals surface area contributed by atoms with Crippen molar-refractivity contribution in [2.45, 2.75) is 29.4 Å². The fraction of sp³-hybridized carbons (Fsp3) is 0.417. The molecule has 0 aliphatic heterocycles. The van der Waals surface area contributed by atoms with Gasteiger partial charge in [0.25, 0.3) is 0 Å². The van der Waals surface area contributed by atoms with E-state index in [2.05, 4.69) is 24.3 Å². The van der Waals surface area contributed by atoms with Crippen LogP contribution >= 0.6 is 11.8 Å². The number of carbonyl (C=O) groups is 1. The molecule has 1 aromatic carbocycles. The number of thioether (sulfide) groups is 1. The summed E-state index contributed by atoms with van der Waals surface area (Å²) in [6.07, 6.45) is 4.44. The molecular formula is C12H14OS. The fourth-order valence-electron chi connectivity index (χ4n) is 1.90. The molecule has 0 amide bonds. The van der Waals surface area contributed by atoms with Crippen LogP contribution in [0.15, 0.2) is 35.2 Å². The molecule has 0 saturated heterocycles. The molecule has 1 aliphatic carbocycles. The van der Waals surface area contributed by atoms with E-state index < -0.39 is 0 Å². The van der Waals surface area contributed by atoms with Crippen LogP contribution in [0.1, 0.15) is 19.3 Å². The predicted molar refractivity (Wildman–Crippen MR) is 59.5 cm³/mol. The summed E-state index contributed by atoms with van der Waals surface area (Å²) in [5.74, 6) is 0.316. The van der Waals surface area contributed by atoms with Crippen molar-refractivity contribution in [3.05, 3.63) is 30.3 Å². The van der Waals surface area contributed by atoms with Gasteiger partial charge in [0.05, 0.1) is 0 Å². The van der Waals surface area contributed by atoms with E-state index >= 15 is 0 Å². The van der Waals surface area contributed by atoms with Gasteiger partial charge in [0.15, 0.2) is 0 Å². The average Bonchev–Trinajstić information content (AvgIpc) is 2.67. The second-order valence-electron chi connectivity index (χ2n) is 3.76. The molecule has 0 unspecified atom stereocenters. The molecular weight excluding hydrogens is 192 g/mol. The Hall–Kier alpha value is -0.760. The normalized spacial score (nSPS) is 26.3. The maximum Gasteiger partial charge on any atom is 0.123 e. The van der Waals surface area contributed by atoms with Crippen molar-refractivity contribution >= 4 is 18.0 Å². The van der Waals surface area contributed by atoms with E-state index in [0.717, 1.165) is 19.1 Å². The first-order valence-corrected chi connectivity index (χ1v) is 5.93. The van der Waals surface area contributed by atoms with Gasteiger partial charge in [-0.15, -0.1) is 11.8 Å². The molecule has 2 atom stereocenters. The predicted octanol–water partition coefficient (Wildman–Crippen LogP) is 3.15. The molecule has 0 aromatic heterocycles. The molecule has 1 nitrogen and oxygen atoms in total. The lowest BCUT2D eigenvalue weighted by Crippen LogP contribution is -1.98. The van der Waals surface area contributed by atoms with Crippen molar-refractivity contribution in [3.8, 4) is 0 Å². The maximum absolute atomic E-state index is 10.6. The van der Waals surface area contributed by atoms with Gasteiger partial charge < -0.3 is 4.79 Å². The minimum atomic E-state index is 0.316. The highest BCUT2D eigenvalue weighted by atomic mass is 32.2. The average molecular weight is 206 g/mol. The Bertz CT molecular complexity index is 296. The summed E-state index contributed by atoms with van der Waals surface area (Å²) >= 11 is 1.91. The van der Waals surface area contributed by atoms with Gasteiger partial charge in [-0.1, -0.05) is 18.2 Å². The van der Waals surface area contributed by atoms with Crippen molar-refractivity contribution in [2.24, 2.45) is 5.92 Å².